The molecule has 0 spiro atoms. The molecule has 0 amide bonds. The third-order valence-corrected chi connectivity index (χ3v) is 2.49. The van der Waals surface area contributed by atoms with E-state index in [-0.39, 0.29) is 0 Å². The largest absolute Gasteiger partial charge is 0.439 e. The fourth-order valence-electron chi connectivity index (χ4n) is 1.66. The minimum absolute atomic E-state index is 0.720. The van der Waals surface area contributed by atoms with Gasteiger partial charge in [0, 0.05) is 0 Å². The third-order valence-electron chi connectivity index (χ3n) is 2.49. The molecule has 0 saturated heterocycles. The molecule has 2 aromatic rings. The molecule has 0 bridgehead atoms. The highest BCUT2D eigenvalue weighted by Crippen LogP contribution is 2.15. The zero-order valence-corrected chi connectivity index (χ0v) is 9.52. The van der Waals surface area contributed by atoms with E-state index in [1.807, 2.05) is 31.3 Å². The molecule has 0 unspecified atom stereocenters. The molecule has 2 N–H and O–H groups in total. The second kappa shape index (κ2) is 5.09. The minimum atomic E-state index is 0.720. The second-order valence-corrected chi connectivity index (χ2v) is 3.96. The average Bonchev–Trinajstić information content (AvgIpc) is 2.68. The fourth-order valence-corrected chi connectivity index (χ4v) is 1.66. The molecule has 0 saturated carbocycles. The van der Waals surface area contributed by atoms with Crippen molar-refractivity contribution in [2.24, 2.45) is 5.73 Å². The number of oxazole rings is 1. The van der Waals surface area contributed by atoms with E-state index in [0.29, 0.717) is 0 Å². The summed E-state index contributed by atoms with van der Waals surface area (Å²) in [5.41, 5.74) is 7.24. The number of benzene rings is 1. The normalized spacial score (nSPS) is 11.4. The molecule has 0 atom stereocenters. The maximum Gasteiger partial charge on any atom is 0.209 e. The molecule has 16 heavy (non-hydrogen) atoms. The van der Waals surface area contributed by atoms with Gasteiger partial charge in [0.05, 0.1) is 6.54 Å². The van der Waals surface area contributed by atoms with Crippen LogP contribution in [0.5, 0.6) is 0 Å². The van der Waals surface area contributed by atoms with E-state index in [1.165, 1.54) is 0 Å². The molecule has 1 aromatic heterocycles. The Hall–Kier alpha value is -1.39. The van der Waals surface area contributed by atoms with E-state index in [9.17, 15) is 0 Å². The van der Waals surface area contributed by atoms with Crippen molar-refractivity contribution in [1.29, 1.82) is 0 Å². The van der Waals surface area contributed by atoms with E-state index < -0.39 is 0 Å². The third kappa shape index (κ3) is 2.59. The van der Waals surface area contributed by atoms with Gasteiger partial charge >= 0.3 is 0 Å². The Bertz CT molecular complexity index is 419. The van der Waals surface area contributed by atoms with E-state index in [1.54, 1.807) is 0 Å². The molecule has 86 valence electrons. The Morgan fingerprint density at radius 1 is 1.38 bits per heavy atom. The van der Waals surface area contributed by atoms with Crippen LogP contribution in [0.4, 0.5) is 0 Å². The van der Waals surface area contributed by atoms with Gasteiger partial charge in [-0.05, 0) is 38.7 Å². The first-order valence-electron chi connectivity index (χ1n) is 5.52. The van der Waals surface area contributed by atoms with Gasteiger partial charge in [0.15, 0.2) is 5.58 Å². The molecular weight excluding hydrogens is 202 g/mol. The topological polar surface area (TPSA) is 55.3 Å². The lowest BCUT2D eigenvalue weighted by Crippen LogP contribution is -2.21. The van der Waals surface area contributed by atoms with Gasteiger partial charge in [0.2, 0.25) is 5.89 Å². The minimum Gasteiger partial charge on any atom is -0.439 e. The molecule has 0 aliphatic carbocycles. The van der Waals surface area contributed by atoms with E-state index in [0.717, 1.165) is 43.0 Å². The van der Waals surface area contributed by atoms with Gasteiger partial charge in [0.1, 0.15) is 5.52 Å². The van der Waals surface area contributed by atoms with Gasteiger partial charge in [-0.2, -0.15) is 0 Å². The highest BCUT2D eigenvalue weighted by molar-refractivity contribution is 5.72. The van der Waals surface area contributed by atoms with Crippen molar-refractivity contribution < 1.29 is 4.42 Å². The predicted octanol–water partition coefficient (Wildman–Crippen LogP) is 1.61. The van der Waals surface area contributed by atoms with Crippen molar-refractivity contribution >= 4 is 11.1 Å². The quantitative estimate of drug-likeness (QED) is 0.830. The van der Waals surface area contributed by atoms with E-state index in [4.69, 9.17) is 10.2 Å². The van der Waals surface area contributed by atoms with Gasteiger partial charge in [-0.3, -0.25) is 4.90 Å². The number of hydrogen-bond donors (Lipinski definition) is 1. The van der Waals surface area contributed by atoms with Crippen molar-refractivity contribution in [3.63, 3.8) is 0 Å². The van der Waals surface area contributed by atoms with Crippen LogP contribution in [0.15, 0.2) is 28.7 Å². The second-order valence-electron chi connectivity index (χ2n) is 3.96. The van der Waals surface area contributed by atoms with Crippen molar-refractivity contribution in [2.45, 2.75) is 13.0 Å². The Kier molecular flexibility index (Phi) is 3.54. The van der Waals surface area contributed by atoms with Crippen molar-refractivity contribution in [1.82, 2.24) is 9.88 Å². The summed E-state index contributed by atoms with van der Waals surface area (Å²) in [6.45, 7) is 2.42. The summed E-state index contributed by atoms with van der Waals surface area (Å²) in [4.78, 5) is 6.59. The molecular formula is C12H17N3O. The highest BCUT2D eigenvalue weighted by Gasteiger charge is 2.07. The van der Waals surface area contributed by atoms with Crippen molar-refractivity contribution in [3.8, 4) is 0 Å². The van der Waals surface area contributed by atoms with Crippen LogP contribution in [-0.2, 0) is 6.54 Å². The molecule has 0 aliphatic rings. The summed E-state index contributed by atoms with van der Waals surface area (Å²) in [5.74, 6) is 0.765. The van der Waals surface area contributed by atoms with Crippen LogP contribution in [0.3, 0.4) is 0 Å². The summed E-state index contributed by atoms with van der Waals surface area (Å²) < 4.78 is 5.63. The summed E-state index contributed by atoms with van der Waals surface area (Å²) in [5, 5.41) is 0. The van der Waals surface area contributed by atoms with Crippen LogP contribution in [0.2, 0.25) is 0 Å². The maximum absolute atomic E-state index is 5.63. The number of hydrogen-bond acceptors (Lipinski definition) is 4. The molecule has 0 radical (unpaired) electrons. The summed E-state index contributed by atoms with van der Waals surface area (Å²) in [6, 6.07) is 7.82. The van der Waals surface area contributed by atoms with Gasteiger partial charge < -0.3 is 10.2 Å². The zero-order valence-electron chi connectivity index (χ0n) is 9.52. The van der Waals surface area contributed by atoms with Gasteiger partial charge in [-0.1, -0.05) is 12.1 Å². The number of fused-ring (bicyclic) bond motifs is 1. The van der Waals surface area contributed by atoms with Crippen LogP contribution in [-0.4, -0.2) is 30.0 Å². The van der Waals surface area contributed by atoms with Crippen molar-refractivity contribution in [2.75, 3.05) is 20.1 Å². The van der Waals surface area contributed by atoms with Gasteiger partial charge in [-0.25, -0.2) is 4.98 Å². The summed E-state index contributed by atoms with van der Waals surface area (Å²) >= 11 is 0. The van der Waals surface area contributed by atoms with Crippen molar-refractivity contribution in [3.05, 3.63) is 30.2 Å². The first-order valence-corrected chi connectivity index (χ1v) is 5.52. The molecule has 1 heterocycles. The van der Waals surface area contributed by atoms with Crippen LogP contribution in [0.25, 0.3) is 11.1 Å². The number of para-hydroxylation sites is 2. The number of rotatable bonds is 5. The summed E-state index contributed by atoms with van der Waals surface area (Å²) in [7, 11) is 2.05. The first kappa shape index (κ1) is 11.1. The van der Waals surface area contributed by atoms with Gasteiger partial charge in [-0.15, -0.1) is 0 Å². The van der Waals surface area contributed by atoms with E-state index in [2.05, 4.69) is 9.88 Å². The first-order chi connectivity index (χ1) is 7.79. The zero-order chi connectivity index (χ0) is 11.4. The Labute approximate surface area is 95.1 Å². The van der Waals surface area contributed by atoms with Crippen LogP contribution < -0.4 is 5.73 Å². The number of nitrogens with two attached hydrogens (primary N) is 1. The molecule has 1 aromatic carbocycles. The van der Waals surface area contributed by atoms with Crippen LogP contribution >= 0.6 is 0 Å². The lowest BCUT2D eigenvalue weighted by atomic mass is 10.3. The molecule has 0 aliphatic heterocycles. The standard InChI is InChI=1S/C12H17N3O/c1-15(8-4-7-13)9-12-14-10-5-2-3-6-11(10)16-12/h2-3,5-6H,4,7-9,13H2,1H3. The lowest BCUT2D eigenvalue weighted by Gasteiger charge is -2.12. The van der Waals surface area contributed by atoms with E-state index >= 15 is 0 Å². The number of nitrogens with zero attached hydrogens (tertiary/aromatic N) is 2. The molecule has 4 nitrogen and oxygen atoms in total. The average molecular weight is 219 g/mol. The monoisotopic (exact) mass is 219 g/mol. The fraction of sp³-hybridized carbons (Fsp3) is 0.417. The summed E-state index contributed by atoms with van der Waals surface area (Å²) in [6.07, 6.45) is 0.997. The maximum atomic E-state index is 5.63. The molecule has 4 heteroatoms. The Balaban J connectivity index is 2.03. The highest BCUT2D eigenvalue weighted by atomic mass is 16.3. The van der Waals surface area contributed by atoms with Crippen LogP contribution in [0, 0.1) is 0 Å². The SMILES string of the molecule is CN(CCCN)Cc1nc2ccccc2o1. The lowest BCUT2D eigenvalue weighted by molar-refractivity contribution is 0.291. The smallest absolute Gasteiger partial charge is 0.209 e. The predicted molar refractivity (Wildman–Crippen MR) is 64.0 cm³/mol. The Morgan fingerprint density at radius 3 is 2.94 bits per heavy atom. The van der Waals surface area contributed by atoms with Crippen LogP contribution in [0.1, 0.15) is 12.3 Å². The number of aromatic nitrogens is 1. The molecule has 0 fully saturated rings. The van der Waals surface area contributed by atoms with Gasteiger partial charge in [0.25, 0.3) is 0 Å². The molecule has 2 rings (SSSR count). The Morgan fingerprint density at radius 2 is 2.19 bits per heavy atom.